The fraction of sp³-hybridized carbons (Fsp3) is 0.682. The second-order valence-electron chi connectivity index (χ2n) is 8.35. The molecule has 2 N–H and O–H groups in total. The molecule has 1 saturated carbocycles. The Hall–Kier alpha value is -1.26. The summed E-state index contributed by atoms with van der Waals surface area (Å²) >= 11 is 6.13. The zero-order valence-corrected chi connectivity index (χ0v) is 17.4. The predicted octanol–water partition coefficient (Wildman–Crippen LogP) is 5.18. The monoisotopic (exact) mass is 392 g/mol. The molecule has 5 heteroatoms. The van der Waals surface area contributed by atoms with Gasteiger partial charge in [0.25, 0.3) is 0 Å². The number of halogens is 1. The van der Waals surface area contributed by atoms with Gasteiger partial charge in [-0.1, -0.05) is 37.8 Å². The number of hydrogen-bond acceptors (Lipinski definition) is 4. The van der Waals surface area contributed by atoms with Gasteiger partial charge in [0.2, 0.25) is 0 Å². The summed E-state index contributed by atoms with van der Waals surface area (Å²) in [6.45, 7) is 4.40. The van der Waals surface area contributed by atoms with Crippen molar-refractivity contribution in [3.8, 4) is 5.75 Å². The van der Waals surface area contributed by atoms with Crippen LogP contribution >= 0.6 is 11.6 Å². The van der Waals surface area contributed by atoms with E-state index in [4.69, 9.17) is 22.1 Å². The summed E-state index contributed by atoms with van der Waals surface area (Å²) in [5.41, 5.74) is 6.82. The van der Waals surface area contributed by atoms with Gasteiger partial charge in [-0.15, -0.1) is 0 Å². The number of ketones is 1. The van der Waals surface area contributed by atoms with E-state index in [9.17, 15) is 4.79 Å². The van der Waals surface area contributed by atoms with Gasteiger partial charge in [0.05, 0.1) is 23.4 Å². The number of benzene rings is 1. The number of Topliss-reactive ketones (excluding diaryl/α,β-unsaturated/α-hetero) is 1. The number of anilines is 1. The molecule has 1 atom stereocenters. The zero-order chi connectivity index (χ0) is 19.4. The van der Waals surface area contributed by atoms with Crippen LogP contribution in [0.1, 0.15) is 68.6 Å². The van der Waals surface area contributed by atoms with Crippen LogP contribution in [0.5, 0.6) is 5.75 Å². The first-order valence-electron chi connectivity index (χ1n) is 10.4. The number of likely N-dealkylation sites (tertiary alicyclic amines) is 1. The largest absolute Gasteiger partial charge is 0.496 e. The number of nitrogens with zero attached hydrogens (tertiary/aromatic N) is 1. The van der Waals surface area contributed by atoms with Crippen LogP contribution in [0.25, 0.3) is 0 Å². The van der Waals surface area contributed by atoms with Crippen molar-refractivity contribution in [1.29, 1.82) is 0 Å². The number of rotatable bonds is 6. The summed E-state index contributed by atoms with van der Waals surface area (Å²) in [4.78, 5) is 15.7. The molecule has 1 heterocycles. The van der Waals surface area contributed by atoms with E-state index in [-0.39, 0.29) is 11.7 Å². The van der Waals surface area contributed by atoms with Gasteiger partial charge < -0.3 is 15.4 Å². The molecule has 2 aliphatic rings. The third-order valence-corrected chi connectivity index (χ3v) is 6.79. The summed E-state index contributed by atoms with van der Waals surface area (Å²) in [6, 6.07) is 4.10. The van der Waals surface area contributed by atoms with E-state index in [0.29, 0.717) is 27.9 Å². The van der Waals surface area contributed by atoms with Gasteiger partial charge in [-0.05, 0) is 57.2 Å². The van der Waals surface area contributed by atoms with Crippen LogP contribution in [0.3, 0.4) is 0 Å². The topological polar surface area (TPSA) is 55.6 Å². The molecule has 0 radical (unpaired) electrons. The van der Waals surface area contributed by atoms with Crippen molar-refractivity contribution in [2.45, 2.75) is 64.3 Å². The van der Waals surface area contributed by atoms with Gasteiger partial charge in [0.1, 0.15) is 5.75 Å². The van der Waals surface area contributed by atoms with E-state index in [2.05, 4.69) is 4.90 Å². The highest BCUT2D eigenvalue weighted by Crippen LogP contribution is 2.34. The molecule has 4 nitrogen and oxygen atoms in total. The minimum Gasteiger partial charge on any atom is -0.496 e. The normalized spacial score (nSPS) is 21.1. The molecule has 150 valence electrons. The van der Waals surface area contributed by atoms with E-state index in [1.54, 1.807) is 19.2 Å². The Morgan fingerprint density at radius 2 is 1.89 bits per heavy atom. The van der Waals surface area contributed by atoms with Crippen molar-refractivity contribution < 1.29 is 9.53 Å². The van der Waals surface area contributed by atoms with Crippen molar-refractivity contribution in [3.05, 3.63) is 22.7 Å². The standard InChI is InChI=1S/C22H33ClN2O2/c1-15(22(26)18-13-19(23)20(24)14-21(18)27-2)12-16-8-10-25(11-9-16)17-6-4-3-5-7-17/h13-17H,3-12,24H2,1-2H3. The third kappa shape index (κ3) is 4.97. The average Bonchev–Trinajstić information content (AvgIpc) is 2.70. The van der Waals surface area contributed by atoms with Gasteiger partial charge in [0.15, 0.2) is 5.78 Å². The summed E-state index contributed by atoms with van der Waals surface area (Å²) in [6.07, 6.45) is 10.3. The highest BCUT2D eigenvalue weighted by Gasteiger charge is 2.29. The average molecular weight is 393 g/mol. The number of nitrogens with two attached hydrogens (primary N) is 1. The summed E-state index contributed by atoms with van der Waals surface area (Å²) < 4.78 is 5.36. The predicted molar refractivity (Wildman–Crippen MR) is 112 cm³/mol. The van der Waals surface area contributed by atoms with Gasteiger partial charge in [-0.2, -0.15) is 0 Å². The molecule has 1 aliphatic heterocycles. The van der Waals surface area contributed by atoms with E-state index in [1.807, 2.05) is 6.92 Å². The number of nitrogen functional groups attached to an aromatic ring is 1. The van der Waals surface area contributed by atoms with Crippen molar-refractivity contribution >= 4 is 23.1 Å². The maximum atomic E-state index is 13.0. The summed E-state index contributed by atoms with van der Waals surface area (Å²) in [7, 11) is 1.56. The molecule has 1 saturated heterocycles. The highest BCUT2D eigenvalue weighted by molar-refractivity contribution is 6.33. The van der Waals surface area contributed by atoms with Gasteiger partial charge in [0, 0.05) is 18.0 Å². The minimum atomic E-state index is -0.0372. The molecule has 1 unspecified atom stereocenters. The molecular weight excluding hydrogens is 360 g/mol. The molecule has 0 aromatic heterocycles. The number of methoxy groups -OCH3 is 1. The molecule has 0 spiro atoms. The lowest BCUT2D eigenvalue weighted by atomic mass is 9.83. The first-order chi connectivity index (χ1) is 13.0. The van der Waals surface area contributed by atoms with Crippen LogP contribution < -0.4 is 10.5 Å². The number of carbonyl (C=O) groups is 1. The molecule has 0 bridgehead atoms. The first-order valence-corrected chi connectivity index (χ1v) is 10.8. The Balaban J connectivity index is 1.55. The number of hydrogen-bond donors (Lipinski definition) is 1. The lowest BCUT2D eigenvalue weighted by Crippen LogP contribution is -2.42. The number of carbonyl (C=O) groups excluding carboxylic acids is 1. The van der Waals surface area contributed by atoms with E-state index >= 15 is 0 Å². The Bertz CT molecular complexity index is 650. The van der Waals surface area contributed by atoms with E-state index in [0.717, 1.165) is 12.5 Å². The van der Waals surface area contributed by atoms with Crippen molar-refractivity contribution in [1.82, 2.24) is 4.90 Å². The second kappa shape index (κ2) is 9.29. The molecule has 1 aromatic rings. The van der Waals surface area contributed by atoms with Crippen LogP contribution in [-0.4, -0.2) is 36.9 Å². The third-order valence-electron chi connectivity index (χ3n) is 6.46. The number of piperidine rings is 1. The highest BCUT2D eigenvalue weighted by atomic mass is 35.5. The van der Waals surface area contributed by atoms with Gasteiger partial charge in [-0.3, -0.25) is 4.79 Å². The van der Waals surface area contributed by atoms with E-state index in [1.165, 1.54) is 58.0 Å². The summed E-state index contributed by atoms with van der Waals surface area (Å²) in [5.74, 6) is 1.20. The molecule has 1 aromatic carbocycles. The second-order valence-corrected chi connectivity index (χ2v) is 8.75. The molecule has 2 fully saturated rings. The van der Waals surface area contributed by atoms with Crippen molar-refractivity contribution in [2.75, 3.05) is 25.9 Å². The molecule has 0 amide bonds. The minimum absolute atomic E-state index is 0.0372. The molecular formula is C22H33ClN2O2. The lowest BCUT2D eigenvalue weighted by molar-refractivity contribution is 0.0833. The van der Waals surface area contributed by atoms with Crippen molar-refractivity contribution in [2.24, 2.45) is 11.8 Å². The molecule has 1 aliphatic carbocycles. The Morgan fingerprint density at radius 1 is 1.22 bits per heavy atom. The van der Waals surface area contributed by atoms with Crippen molar-refractivity contribution in [3.63, 3.8) is 0 Å². The van der Waals surface area contributed by atoms with Crippen LogP contribution in [0, 0.1) is 11.8 Å². The van der Waals surface area contributed by atoms with E-state index < -0.39 is 0 Å². The molecule has 27 heavy (non-hydrogen) atoms. The van der Waals surface area contributed by atoms with Crippen LogP contribution in [0.4, 0.5) is 5.69 Å². The lowest BCUT2D eigenvalue weighted by Gasteiger charge is -2.39. The summed E-state index contributed by atoms with van der Waals surface area (Å²) in [5, 5.41) is 0.409. The fourth-order valence-corrected chi connectivity index (χ4v) is 4.97. The SMILES string of the molecule is COc1cc(N)c(Cl)cc1C(=O)C(C)CC1CCN(C2CCCCC2)CC1. The van der Waals surface area contributed by atoms with Crippen LogP contribution in [0.15, 0.2) is 12.1 Å². The molecule has 3 rings (SSSR count). The maximum absolute atomic E-state index is 13.0. The smallest absolute Gasteiger partial charge is 0.169 e. The Labute approximate surface area is 168 Å². The zero-order valence-electron chi connectivity index (χ0n) is 16.7. The van der Waals surface area contributed by atoms with Crippen LogP contribution in [-0.2, 0) is 0 Å². The fourth-order valence-electron chi connectivity index (χ4n) is 4.80. The maximum Gasteiger partial charge on any atom is 0.169 e. The first kappa shape index (κ1) is 20.5. The Morgan fingerprint density at radius 3 is 2.52 bits per heavy atom. The van der Waals surface area contributed by atoms with Crippen LogP contribution in [0.2, 0.25) is 5.02 Å². The number of ether oxygens (including phenoxy) is 1. The van der Waals surface area contributed by atoms with Gasteiger partial charge in [-0.25, -0.2) is 0 Å². The quantitative estimate of drug-likeness (QED) is 0.535. The Kier molecular flexibility index (Phi) is 7.04. The van der Waals surface area contributed by atoms with Gasteiger partial charge >= 0.3 is 0 Å².